The standard InChI is InChI=1S/C23H23Cl2F3N6O2/c24-14-3-11-6-29-22(32-17-7-30-34(21(17)25)20-5-23(20,27)28)31-16(11)4-13(14)12-1-2-33(8-15(12)26)18-9-36-10-19(18)35/h3-4,6-7,12,15,18-20,35H,1-2,5,8-10H2,(H,29,31,32)/t12-,15?,18?,19?,20?/m0/s1. The van der Waals surface area contributed by atoms with Gasteiger partial charge in [-0.05, 0) is 30.7 Å². The van der Waals surface area contributed by atoms with Gasteiger partial charge in [-0.1, -0.05) is 23.2 Å². The van der Waals surface area contributed by atoms with Crippen molar-refractivity contribution in [3.05, 3.63) is 40.3 Å². The predicted molar refractivity (Wildman–Crippen MR) is 128 cm³/mol. The molecular formula is C23H23Cl2F3N6O2. The number of aliphatic hydroxyl groups excluding tert-OH is 1. The number of nitrogens with one attached hydrogen (secondary N) is 1. The van der Waals surface area contributed by atoms with Crippen LogP contribution in [0.15, 0.2) is 24.5 Å². The third-order valence-electron chi connectivity index (χ3n) is 7.23. The van der Waals surface area contributed by atoms with Gasteiger partial charge in [-0.25, -0.2) is 27.8 Å². The van der Waals surface area contributed by atoms with Gasteiger partial charge in [0, 0.05) is 35.5 Å². The fraction of sp³-hybridized carbons (Fsp3) is 0.522. The number of anilines is 2. The van der Waals surface area contributed by atoms with Crippen LogP contribution < -0.4 is 5.32 Å². The van der Waals surface area contributed by atoms with Crippen molar-refractivity contribution in [3.63, 3.8) is 0 Å². The van der Waals surface area contributed by atoms with Crippen LogP contribution in [0.5, 0.6) is 0 Å². The molecule has 0 radical (unpaired) electrons. The lowest BCUT2D eigenvalue weighted by Gasteiger charge is -2.39. The van der Waals surface area contributed by atoms with Gasteiger partial charge in [-0.15, -0.1) is 0 Å². The third kappa shape index (κ3) is 4.30. The number of nitrogens with zero attached hydrogens (tertiary/aromatic N) is 5. The largest absolute Gasteiger partial charge is 0.389 e. The average Bonchev–Trinajstić information content (AvgIpc) is 3.12. The van der Waals surface area contributed by atoms with E-state index in [0.29, 0.717) is 46.7 Å². The molecule has 0 spiro atoms. The summed E-state index contributed by atoms with van der Waals surface area (Å²) < 4.78 is 48.6. The molecule has 0 bridgehead atoms. The van der Waals surface area contributed by atoms with E-state index >= 15 is 4.39 Å². The Hall–Kier alpha value is -2.18. The Morgan fingerprint density at radius 3 is 2.69 bits per heavy atom. The maximum atomic E-state index is 15.3. The maximum absolute atomic E-state index is 15.3. The molecule has 6 rings (SSSR count). The zero-order valence-corrected chi connectivity index (χ0v) is 20.4. The summed E-state index contributed by atoms with van der Waals surface area (Å²) in [5, 5.41) is 18.1. The van der Waals surface area contributed by atoms with E-state index in [1.807, 2.05) is 4.90 Å². The van der Waals surface area contributed by atoms with Crippen molar-refractivity contribution in [2.45, 2.75) is 49.0 Å². The molecule has 1 aromatic carbocycles. The SMILES string of the molecule is OC1COCC1N1CC[C@@H](c2cc3nc(Nc4cnn(C5CC5(F)F)c4Cl)ncc3cc2Cl)C(F)C1. The minimum Gasteiger partial charge on any atom is -0.389 e. The average molecular weight is 543 g/mol. The molecule has 1 aliphatic carbocycles. The summed E-state index contributed by atoms with van der Waals surface area (Å²) >= 11 is 12.8. The number of piperidine rings is 1. The first-order valence-corrected chi connectivity index (χ1v) is 12.4. The monoisotopic (exact) mass is 542 g/mol. The fourth-order valence-electron chi connectivity index (χ4n) is 5.11. The molecule has 3 aromatic rings. The molecule has 13 heteroatoms. The van der Waals surface area contributed by atoms with E-state index in [-0.39, 0.29) is 36.7 Å². The maximum Gasteiger partial charge on any atom is 0.272 e. The lowest BCUT2D eigenvalue weighted by Crippen LogP contribution is -2.50. The summed E-state index contributed by atoms with van der Waals surface area (Å²) in [7, 11) is 0. The number of ether oxygens (including phenoxy) is 1. The Labute approximate surface area is 214 Å². The summed E-state index contributed by atoms with van der Waals surface area (Å²) in [6.07, 6.45) is 1.38. The second-order valence-electron chi connectivity index (χ2n) is 9.60. The Morgan fingerprint density at radius 1 is 1.19 bits per heavy atom. The van der Waals surface area contributed by atoms with Crippen LogP contribution in [-0.4, -0.2) is 80.3 Å². The number of aliphatic hydroxyl groups is 1. The molecule has 1 saturated carbocycles. The van der Waals surface area contributed by atoms with Gasteiger partial charge in [0.2, 0.25) is 5.95 Å². The molecular weight excluding hydrogens is 520 g/mol. The first-order chi connectivity index (χ1) is 17.2. The lowest BCUT2D eigenvalue weighted by molar-refractivity contribution is 0.0353. The van der Waals surface area contributed by atoms with Gasteiger partial charge in [-0.3, -0.25) is 4.90 Å². The third-order valence-corrected chi connectivity index (χ3v) is 7.93. The van der Waals surface area contributed by atoms with Gasteiger partial charge in [0.25, 0.3) is 5.92 Å². The number of likely N-dealkylation sites (tertiary alicyclic amines) is 1. The smallest absolute Gasteiger partial charge is 0.272 e. The highest BCUT2D eigenvalue weighted by atomic mass is 35.5. The van der Waals surface area contributed by atoms with Gasteiger partial charge in [0.1, 0.15) is 12.2 Å². The van der Waals surface area contributed by atoms with E-state index in [9.17, 15) is 13.9 Å². The van der Waals surface area contributed by atoms with E-state index < -0.39 is 30.2 Å². The molecule has 2 saturated heterocycles. The molecule has 4 unspecified atom stereocenters. The highest BCUT2D eigenvalue weighted by Gasteiger charge is 2.59. The van der Waals surface area contributed by atoms with Crippen LogP contribution in [0.4, 0.5) is 24.8 Å². The van der Waals surface area contributed by atoms with E-state index in [1.54, 1.807) is 18.3 Å². The minimum absolute atomic E-state index is 0.0440. The number of halogens is 5. The zero-order chi connectivity index (χ0) is 25.2. The number of hydrogen-bond donors (Lipinski definition) is 2. The van der Waals surface area contributed by atoms with Crippen molar-refractivity contribution in [3.8, 4) is 0 Å². The van der Waals surface area contributed by atoms with E-state index in [1.165, 1.54) is 6.20 Å². The molecule has 5 atom stereocenters. The van der Waals surface area contributed by atoms with E-state index in [0.717, 1.165) is 4.68 Å². The predicted octanol–water partition coefficient (Wildman–Crippen LogP) is 4.34. The van der Waals surface area contributed by atoms with Crippen molar-refractivity contribution in [1.82, 2.24) is 24.6 Å². The van der Waals surface area contributed by atoms with Gasteiger partial charge >= 0.3 is 0 Å². The summed E-state index contributed by atoms with van der Waals surface area (Å²) in [5.74, 6) is -3.03. The zero-order valence-electron chi connectivity index (χ0n) is 18.9. The summed E-state index contributed by atoms with van der Waals surface area (Å²) in [4.78, 5) is 10.7. The number of alkyl halides is 3. The molecule has 192 valence electrons. The summed E-state index contributed by atoms with van der Waals surface area (Å²) in [5.41, 5.74) is 1.52. The topological polar surface area (TPSA) is 88.3 Å². The Balaban J connectivity index is 1.22. The van der Waals surface area contributed by atoms with Gasteiger partial charge in [0.15, 0.2) is 5.15 Å². The second-order valence-corrected chi connectivity index (χ2v) is 10.4. The van der Waals surface area contributed by atoms with Crippen LogP contribution >= 0.6 is 23.2 Å². The number of benzene rings is 1. The van der Waals surface area contributed by atoms with Crippen molar-refractivity contribution >= 4 is 45.7 Å². The first-order valence-electron chi connectivity index (χ1n) is 11.7. The molecule has 2 N–H and O–H groups in total. The summed E-state index contributed by atoms with van der Waals surface area (Å²) in [6.45, 7) is 1.47. The Bertz CT molecular complexity index is 1310. The van der Waals surface area contributed by atoms with Crippen molar-refractivity contribution < 1.29 is 23.0 Å². The highest BCUT2D eigenvalue weighted by molar-refractivity contribution is 6.32. The van der Waals surface area contributed by atoms with Crippen molar-refractivity contribution in [1.29, 1.82) is 0 Å². The molecule has 3 fully saturated rings. The highest BCUT2D eigenvalue weighted by Crippen LogP contribution is 2.53. The van der Waals surface area contributed by atoms with Crippen LogP contribution in [-0.2, 0) is 4.74 Å². The van der Waals surface area contributed by atoms with Crippen LogP contribution in [0.3, 0.4) is 0 Å². The van der Waals surface area contributed by atoms with Gasteiger partial charge < -0.3 is 15.2 Å². The molecule has 0 amide bonds. The molecule has 8 nitrogen and oxygen atoms in total. The lowest BCUT2D eigenvalue weighted by atomic mass is 9.86. The van der Waals surface area contributed by atoms with E-state index in [4.69, 9.17) is 27.9 Å². The van der Waals surface area contributed by atoms with Crippen molar-refractivity contribution in [2.24, 2.45) is 0 Å². The van der Waals surface area contributed by atoms with Crippen molar-refractivity contribution in [2.75, 3.05) is 31.6 Å². The number of rotatable bonds is 5. The molecule has 2 aliphatic heterocycles. The second kappa shape index (κ2) is 8.98. The quantitative estimate of drug-likeness (QED) is 0.495. The van der Waals surface area contributed by atoms with Crippen LogP contribution in [0.25, 0.3) is 10.9 Å². The van der Waals surface area contributed by atoms with Crippen LogP contribution in [0, 0.1) is 0 Å². The summed E-state index contributed by atoms with van der Waals surface area (Å²) in [6, 6.07) is 2.23. The number of aromatic nitrogens is 4. The Morgan fingerprint density at radius 2 is 2.00 bits per heavy atom. The van der Waals surface area contributed by atoms with Crippen LogP contribution in [0.2, 0.25) is 10.2 Å². The number of fused-ring (bicyclic) bond motifs is 1. The van der Waals surface area contributed by atoms with Gasteiger partial charge in [-0.2, -0.15) is 5.10 Å². The first kappa shape index (κ1) is 24.2. The minimum atomic E-state index is -2.81. The molecule has 4 heterocycles. The molecule has 36 heavy (non-hydrogen) atoms. The van der Waals surface area contributed by atoms with Gasteiger partial charge in [0.05, 0.1) is 42.8 Å². The van der Waals surface area contributed by atoms with Crippen LogP contribution in [0.1, 0.15) is 30.4 Å². The molecule has 2 aromatic heterocycles. The molecule has 3 aliphatic rings. The Kier molecular flexibility index (Phi) is 6.03. The normalized spacial score (nSPS) is 30.1. The number of hydrogen-bond acceptors (Lipinski definition) is 7. The van der Waals surface area contributed by atoms with E-state index in [2.05, 4.69) is 20.4 Å². The fourth-order valence-corrected chi connectivity index (χ4v) is 5.67.